The van der Waals surface area contributed by atoms with Crippen molar-refractivity contribution >= 4 is 50.2 Å². The molecule has 0 fully saturated rings. The Hall–Kier alpha value is -4.35. The Morgan fingerprint density at radius 2 is 1.80 bits per heavy atom. The minimum Gasteiger partial charge on any atom is -0.508 e. The summed E-state index contributed by atoms with van der Waals surface area (Å²) in [5.74, 6) is -1.96. The molecule has 1 unspecified atom stereocenters. The maximum atomic E-state index is 13.4. The van der Waals surface area contributed by atoms with Gasteiger partial charge in [0.05, 0.1) is 21.0 Å². The van der Waals surface area contributed by atoms with Crippen LogP contribution in [0.5, 0.6) is 5.75 Å². The third-order valence-electron chi connectivity index (χ3n) is 6.72. The molecule has 0 saturated carbocycles. The fraction of sp³-hybridized carbons (Fsp3) is 0.179. The number of hydrogen-bond donors (Lipinski definition) is 3. The van der Waals surface area contributed by atoms with Crippen molar-refractivity contribution in [1.82, 2.24) is 14.8 Å². The number of carbonyl (C=O) groups excluding carboxylic acids is 2. The van der Waals surface area contributed by atoms with Crippen LogP contribution in [0.2, 0.25) is 5.02 Å². The highest BCUT2D eigenvalue weighted by Crippen LogP contribution is 2.35. The van der Waals surface area contributed by atoms with E-state index in [1.54, 1.807) is 47.4 Å². The number of amides is 2. The number of hydrogen-bond acceptors (Lipinski definition) is 6. The molecule has 12 heteroatoms. The first-order chi connectivity index (χ1) is 18.9. The number of aromatic hydroxyl groups is 1. The lowest BCUT2D eigenvalue weighted by Gasteiger charge is -2.29. The Kier molecular flexibility index (Phi) is 7.03. The molecule has 10 nitrogen and oxygen atoms in total. The second-order valence-electron chi connectivity index (χ2n) is 9.64. The van der Waals surface area contributed by atoms with Crippen LogP contribution in [0.25, 0.3) is 10.9 Å². The maximum absolute atomic E-state index is 13.4. The van der Waals surface area contributed by atoms with E-state index < -0.39 is 27.8 Å². The molecular formula is C28H24ClN3O7S. The Balaban J connectivity index is 1.42. The Morgan fingerprint density at radius 1 is 1.07 bits per heavy atom. The van der Waals surface area contributed by atoms with E-state index >= 15 is 0 Å². The first kappa shape index (κ1) is 27.2. The van der Waals surface area contributed by atoms with E-state index in [4.69, 9.17) is 11.6 Å². The fourth-order valence-electron chi connectivity index (χ4n) is 4.89. The third kappa shape index (κ3) is 5.25. The molecule has 3 aromatic carbocycles. The molecule has 1 aliphatic heterocycles. The molecule has 2 heterocycles. The van der Waals surface area contributed by atoms with Gasteiger partial charge in [0.1, 0.15) is 11.8 Å². The quantitative estimate of drug-likeness (QED) is 0.287. The third-order valence-corrected chi connectivity index (χ3v) is 8.13. The smallest absolute Gasteiger partial charge is 0.329 e. The molecule has 40 heavy (non-hydrogen) atoms. The number of nitrogens with one attached hydrogen (secondary N) is 1. The normalized spacial score (nSPS) is 13.8. The van der Waals surface area contributed by atoms with E-state index in [2.05, 4.69) is 5.32 Å². The molecule has 5 rings (SSSR count). The number of halogens is 1. The zero-order chi connectivity index (χ0) is 28.8. The first-order valence-corrected chi connectivity index (χ1v) is 14.4. The lowest BCUT2D eigenvalue weighted by Crippen LogP contribution is -2.42. The number of sulfone groups is 1. The van der Waals surface area contributed by atoms with Gasteiger partial charge in [-0.2, -0.15) is 0 Å². The molecule has 0 spiro atoms. The summed E-state index contributed by atoms with van der Waals surface area (Å²) >= 11 is 6.55. The summed E-state index contributed by atoms with van der Waals surface area (Å²) in [6, 6.07) is 13.9. The van der Waals surface area contributed by atoms with Crippen LogP contribution in [-0.4, -0.2) is 58.3 Å². The second-order valence-corrected chi connectivity index (χ2v) is 12.1. The van der Waals surface area contributed by atoms with Crippen LogP contribution in [0.15, 0.2) is 71.8 Å². The van der Waals surface area contributed by atoms with Gasteiger partial charge in [0.2, 0.25) is 0 Å². The van der Waals surface area contributed by atoms with Crippen molar-refractivity contribution in [3.63, 3.8) is 0 Å². The molecule has 0 saturated heterocycles. The van der Waals surface area contributed by atoms with Gasteiger partial charge in [-0.1, -0.05) is 35.9 Å². The van der Waals surface area contributed by atoms with Crippen LogP contribution in [0.3, 0.4) is 0 Å². The summed E-state index contributed by atoms with van der Waals surface area (Å²) in [6.45, 7) is 0.456. The highest BCUT2D eigenvalue weighted by atomic mass is 35.5. The summed E-state index contributed by atoms with van der Waals surface area (Å²) in [4.78, 5) is 40.3. The predicted octanol–water partition coefficient (Wildman–Crippen LogP) is 3.81. The molecule has 3 N–H and O–H groups in total. The van der Waals surface area contributed by atoms with Gasteiger partial charge in [-0.15, -0.1) is 0 Å². The van der Waals surface area contributed by atoms with Crippen LogP contribution in [0.1, 0.15) is 27.0 Å². The molecule has 1 aliphatic rings. The van der Waals surface area contributed by atoms with Gasteiger partial charge in [0.15, 0.2) is 9.84 Å². The van der Waals surface area contributed by atoms with Gasteiger partial charge in [-0.25, -0.2) is 18.0 Å². The number of phenols is 1. The zero-order valence-corrected chi connectivity index (χ0v) is 22.7. The van der Waals surface area contributed by atoms with E-state index in [-0.39, 0.29) is 46.8 Å². The zero-order valence-electron chi connectivity index (χ0n) is 21.2. The summed E-state index contributed by atoms with van der Waals surface area (Å²) in [5.41, 5.74) is 2.39. The summed E-state index contributed by atoms with van der Waals surface area (Å²) in [5, 5.41) is 22.6. The number of rotatable bonds is 8. The van der Waals surface area contributed by atoms with Crippen LogP contribution < -0.4 is 5.32 Å². The molecule has 0 bridgehead atoms. The van der Waals surface area contributed by atoms with E-state index in [1.807, 2.05) is 0 Å². The number of nitrogens with zero attached hydrogens (tertiary/aromatic N) is 2. The monoisotopic (exact) mass is 581 g/mol. The maximum Gasteiger partial charge on any atom is 0.329 e. The number of benzene rings is 3. The number of aromatic nitrogens is 1. The Bertz CT molecular complexity index is 1800. The minimum absolute atomic E-state index is 0.0320. The minimum atomic E-state index is -3.50. The lowest BCUT2D eigenvalue weighted by molar-refractivity contribution is -0.139. The molecule has 1 aromatic heterocycles. The molecule has 4 aromatic rings. The SMILES string of the molecule is CS(=O)(=O)c1cccc(CC(NC(=O)c2c(Cl)cc3c4c2ccn4C(=O)N(Cc2cccc(O)c2)C3)C(=O)O)c1. The molecule has 206 valence electrons. The molecule has 0 radical (unpaired) electrons. The Labute approximate surface area is 234 Å². The summed E-state index contributed by atoms with van der Waals surface area (Å²) < 4.78 is 25.2. The van der Waals surface area contributed by atoms with Gasteiger partial charge in [0.25, 0.3) is 5.91 Å². The number of carboxylic acids is 1. The van der Waals surface area contributed by atoms with E-state index in [9.17, 15) is 33.0 Å². The van der Waals surface area contributed by atoms with E-state index in [0.29, 0.717) is 22.0 Å². The topological polar surface area (TPSA) is 146 Å². The van der Waals surface area contributed by atoms with Gasteiger partial charge in [0, 0.05) is 37.3 Å². The highest BCUT2D eigenvalue weighted by Gasteiger charge is 2.30. The van der Waals surface area contributed by atoms with Crippen molar-refractivity contribution in [2.24, 2.45) is 0 Å². The van der Waals surface area contributed by atoms with Crippen molar-refractivity contribution in [2.75, 3.05) is 6.26 Å². The van der Waals surface area contributed by atoms with Gasteiger partial charge in [-0.3, -0.25) is 9.36 Å². The standard InChI is InChI=1S/C28H24ClN3O7S/c1-40(38,39)20-7-3-4-16(11-20)12-23(27(35)36)30-26(34)24-21-8-9-32-25(21)18(13-22(24)29)15-31(28(32)37)14-17-5-2-6-19(33)10-17/h2-11,13,23,33H,12,14-15H2,1H3,(H,30,34)(H,35,36). The van der Waals surface area contributed by atoms with Crippen molar-refractivity contribution in [3.05, 3.63) is 94.1 Å². The van der Waals surface area contributed by atoms with Gasteiger partial charge < -0.3 is 20.4 Å². The number of carbonyl (C=O) groups is 3. The Morgan fingerprint density at radius 3 is 2.50 bits per heavy atom. The number of aliphatic carboxylic acids is 1. The van der Waals surface area contributed by atoms with Crippen molar-refractivity contribution in [1.29, 1.82) is 0 Å². The molecule has 0 aliphatic carbocycles. The van der Waals surface area contributed by atoms with E-state index in [0.717, 1.165) is 11.8 Å². The number of carboxylic acid groups (broad SMARTS) is 1. The molecule has 2 amide bonds. The van der Waals surface area contributed by atoms with Crippen molar-refractivity contribution in [3.8, 4) is 5.75 Å². The average molecular weight is 582 g/mol. The number of phenolic OH excluding ortho intramolecular Hbond substituents is 1. The highest BCUT2D eigenvalue weighted by molar-refractivity contribution is 7.90. The van der Waals surface area contributed by atoms with Crippen LogP contribution >= 0.6 is 11.6 Å². The predicted molar refractivity (Wildman–Crippen MR) is 147 cm³/mol. The summed E-state index contributed by atoms with van der Waals surface area (Å²) in [6.07, 6.45) is 2.42. The molecular weight excluding hydrogens is 558 g/mol. The lowest BCUT2D eigenvalue weighted by atomic mass is 10.0. The van der Waals surface area contributed by atoms with Crippen molar-refractivity contribution < 1.29 is 33.0 Å². The largest absolute Gasteiger partial charge is 0.508 e. The summed E-state index contributed by atoms with van der Waals surface area (Å²) in [7, 11) is -3.50. The fourth-order valence-corrected chi connectivity index (χ4v) is 5.90. The van der Waals surface area contributed by atoms with Crippen LogP contribution in [0, 0.1) is 0 Å². The van der Waals surface area contributed by atoms with Gasteiger partial charge in [-0.05, 0) is 53.1 Å². The second kappa shape index (κ2) is 10.3. The molecule has 1 atom stereocenters. The van der Waals surface area contributed by atoms with Crippen LogP contribution in [0.4, 0.5) is 4.79 Å². The van der Waals surface area contributed by atoms with E-state index in [1.165, 1.54) is 29.0 Å². The first-order valence-electron chi connectivity index (χ1n) is 12.1. The van der Waals surface area contributed by atoms with Crippen molar-refractivity contribution in [2.45, 2.75) is 30.4 Å². The van der Waals surface area contributed by atoms with Crippen LogP contribution in [-0.2, 0) is 34.1 Å². The average Bonchev–Trinajstić information content (AvgIpc) is 3.32. The van der Waals surface area contributed by atoms with Gasteiger partial charge >= 0.3 is 12.0 Å².